The van der Waals surface area contributed by atoms with Gasteiger partial charge in [-0.1, -0.05) is 45.0 Å². The summed E-state index contributed by atoms with van der Waals surface area (Å²) in [5.74, 6) is 1.56. The van der Waals surface area contributed by atoms with E-state index in [0.717, 1.165) is 36.7 Å². The molecule has 0 unspecified atom stereocenters. The number of rotatable bonds is 9. The highest BCUT2D eigenvalue weighted by Crippen LogP contribution is 2.25. The Kier molecular flexibility index (Phi) is 8.89. The molecule has 4 nitrogen and oxygen atoms in total. The third kappa shape index (κ3) is 7.84. The van der Waals surface area contributed by atoms with E-state index in [0.29, 0.717) is 11.8 Å². The molecule has 0 atom stereocenters. The third-order valence-corrected chi connectivity index (χ3v) is 6.76. The quantitative estimate of drug-likeness (QED) is 0.329. The number of anilines is 1. The van der Waals surface area contributed by atoms with Gasteiger partial charge in [-0.3, -0.25) is 0 Å². The maximum absolute atomic E-state index is 6.00. The molecule has 176 valence electrons. The molecule has 0 aliphatic rings. The zero-order valence-corrected chi connectivity index (χ0v) is 21.8. The molecule has 3 rings (SSSR count). The van der Waals surface area contributed by atoms with E-state index >= 15 is 0 Å². The van der Waals surface area contributed by atoms with Crippen molar-refractivity contribution in [3.63, 3.8) is 0 Å². The van der Waals surface area contributed by atoms with Gasteiger partial charge in [-0.2, -0.15) is 0 Å². The van der Waals surface area contributed by atoms with Crippen LogP contribution >= 0.6 is 23.6 Å². The summed E-state index contributed by atoms with van der Waals surface area (Å²) in [6, 6.07) is 20.3. The highest BCUT2D eigenvalue weighted by atomic mass is 32.1. The number of ether oxygens (including phenoxy) is 2. The number of thiophene rings is 1. The first-order valence-corrected chi connectivity index (χ1v) is 12.5. The van der Waals surface area contributed by atoms with Crippen molar-refractivity contribution in [3.05, 3.63) is 76.5 Å². The van der Waals surface area contributed by atoms with Crippen LogP contribution in [-0.4, -0.2) is 43.9 Å². The molecule has 0 saturated carbocycles. The maximum atomic E-state index is 6.00. The molecular weight excluding hydrogens is 448 g/mol. The summed E-state index contributed by atoms with van der Waals surface area (Å²) in [6.45, 7) is 9.11. The van der Waals surface area contributed by atoms with E-state index < -0.39 is 0 Å². The average molecular weight is 483 g/mol. The van der Waals surface area contributed by atoms with E-state index in [1.807, 2.05) is 59.7 Å². The van der Waals surface area contributed by atoms with Gasteiger partial charge in [0.2, 0.25) is 0 Å². The molecule has 2 aromatic carbocycles. The molecule has 0 spiro atoms. The Hall–Kier alpha value is -2.41. The van der Waals surface area contributed by atoms with Crippen LogP contribution in [-0.2, 0) is 11.8 Å². The van der Waals surface area contributed by atoms with Crippen LogP contribution in [0.2, 0.25) is 0 Å². The summed E-state index contributed by atoms with van der Waals surface area (Å²) in [5, 5.41) is 2.52. The van der Waals surface area contributed by atoms with Gasteiger partial charge in [-0.05, 0) is 72.4 Å². The first kappa shape index (κ1) is 25.2. The summed E-state index contributed by atoms with van der Waals surface area (Å²) in [6.07, 6.45) is 1.07. The lowest BCUT2D eigenvalue weighted by atomic mass is 9.87. The van der Waals surface area contributed by atoms with Crippen LogP contribution in [0, 0.1) is 0 Å². The molecule has 6 heteroatoms. The maximum Gasteiger partial charge on any atom is 0.269 e. The van der Waals surface area contributed by atoms with Crippen LogP contribution in [0.25, 0.3) is 0 Å². The fraction of sp³-hybridized carbons (Fsp3) is 0.370. The Morgan fingerprint density at radius 2 is 1.70 bits per heavy atom. The topological polar surface area (TPSA) is 24.9 Å². The van der Waals surface area contributed by atoms with Gasteiger partial charge >= 0.3 is 0 Å². The zero-order valence-electron chi connectivity index (χ0n) is 20.2. The van der Waals surface area contributed by atoms with Crippen LogP contribution < -0.4 is 14.4 Å². The Balaban J connectivity index is 1.48. The lowest BCUT2D eigenvalue weighted by molar-refractivity contribution is 0.239. The van der Waals surface area contributed by atoms with E-state index in [1.54, 1.807) is 0 Å². The minimum atomic E-state index is 0.106. The second-order valence-corrected chi connectivity index (χ2v) is 10.6. The van der Waals surface area contributed by atoms with Crippen LogP contribution in [0.15, 0.2) is 66.0 Å². The van der Waals surface area contributed by atoms with Crippen molar-refractivity contribution in [2.45, 2.75) is 32.6 Å². The zero-order chi connectivity index (χ0) is 23.8. The molecule has 3 aromatic rings. The largest absolute Gasteiger partial charge is 0.492 e. The fourth-order valence-corrected chi connectivity index (χ4v) is 4.17. The Bertz CT molecular complexity index is 1010. The van der Waals surface area contributed by atoms with Crippen molar-refractivity contribution in [2.24, 2.45) is 0 Å². The van der Waals surface area contributed by atoms with Gasteiger partial charge in [0.1, 0.15) is 18.1 Å². The van der Waals surface area contributed by atoms with E-state index in [2.05, 4.69) is 62.4 Å². The van der Waals surface area contributed by atoms with Gasteiger partial charge < -0.3 is 19.3 Å². The minimum absolute atomic E-state index is 0.106. The molecule has 0 N–H and O–H groups in total. The highest BCUT2D eigenvalue weighted by molar-refractivity contribution is 7.80. The van der Waals surface area contributed by atoms with Gasteiger partial charge in [0.05, 0.1) is 0 Å². The lowest BCUT2D eigenvalue weighted by Gasteiger charge is -2.22. The van der Waals surface area contributed by atoms with Crippen molar-refractivity contribution < 1.29 is 9.47 Å². The molecule has 0 bridgehead atoms. The predicted octanol–water partition coefficient (Wildman–Crippen LogP) is 6.40. The van der Waals surface area contributed by atoms with Crippen molar-refractivity contribution in [1.29, 1.82) is 0 Å². The SMILES string of the molecule is CN(CCOc1cccc(N(C)C(=S)Oc2ccc(C(C)(C)C)cc2)c1)CCc1cccs1. The molecule has 0 aliphatic carbocycles. The number of likely N-dealkylation sites (N-methyl/N-ethyl adjacent to an activating group) is 1. The Morgan fingerprint density at radius 3 is 2.36 bits per heavy atom. The van der Waals surface area contributed by atoms with Gasteiger partial charge in [-0.25, -0.2) is 0 Å². The molecule has 0 amide bonds. The number of benzene rings is 2. The molecule has 0 saturated heterocycles. The molecule has 0 fully saturated rings. The third-order valence-electron chi connectivity index (χ3n) is 5.47. The monoisotopic (exact) mass is 482 g/mol. The molecule has 1 aromatic heterocycles. The first-order chi connectivity index (χ1) is 15.7. The van der Waals surface area contributed by atoms with Gasteiger partial charge in [0.25, 0.3) is 5.17 Å². The van der Waals surface area contributed by atoms with E-state index in [4.69, 9.17) is 21.7 Å². The smallest absolute Gasteiger partial charge is 0.269 e. The summed E-state index contributed by atoms with van der Waals surface area (Å²) < 4.78 is 11.9. The summed E-state index contributed by atoms with van der Waals surface area (Å²) in [4.78, 5) is 5.57. The Morgan fingerprint density at radius 1 is 0.939 bits per heavy atom. The number of hydrogen-bond donors (Lipinski definition) is 0. The van der Waals surface area contributed by atoms with E-state index in [9.17, 15) is 0 Å². The molecular formula is C27H34N2O2S2. The van der Waals surface area contributed by atoms with Crippen molar-refractivity contribution >= 4 is 34.4 Å². The predicted molar refractivity (Wildman–Crippen MR) is 144 cm³/mol. The minimum Gasteiger partial charge on any atom is -0.492 e. The second kappa shape index (κ2) is 11.6. The standard InChI is InChI=1S/C27H34N2O2S2/c1-27(2,3)21-11-13-23(14-12-21)31-26(32)29(5)22-8-6-9-24(20-22)30-18-17-28(4)16-15-25-10-7-19-33-25/h6-14,19-20H,15-18H2,1-5H3. The summed E-state index contributed by atoms with van der Waals surface area (Å²) in [5.41, 5.74) is 2.29. The van der Waals surface area contributed by atoms with Crippen molar-refractivity contribution in [3.8, 4) is 11.5 Å². The van der Waals surface area contributed by atoms with Crippen LogP contribution in [0.4, 0.5) is 5.69 Å². The van der Waals surface area contributed by atoms with Crippen LogP contribution in [0.3, 0.4) is 0 Å². The van der Waals surface area contributed by atoms with Crippen LogP contribution in [0.5, 0.6) is 11.5 Å². The molecule has 1 heterocycles. The average Bonchev–Trinajstić information content (AvgIpc) is 3.31. The summed E-state index contributed by atoms with van der Waals surface area (Å²) >= 11 is 7.34. The van der Waals surface area contributed by atoms with Crippen LogP contribution in [0.1, 0.15) is 31.2 Å². The summed E-state index contributed by atoms with van der Waals surface area (Å²) in [7, 11) is 4.04. The van der Waals surface area contributed by atoms with Gasteiger partial charge in [-0.15, -0.1) is 11.3 Å². The van der Waals surface area contributed by atoms with E-state index in [1.165, 1.54) is 10.4 Å². The first-order valence-electron chi connectivity index (χ1n) is 11.2. The molecule has 0 radical (unpaired) electrons. The molecule has 33 heavy (non-hydrogen) atoms. The number of nitrogens with zero attached hydrogens (tertiary/aromatic N) is 2. The van der Waals surface area contributed by atoms with Gasteiger partial charge in [0.15, 0.2) is 0 Å². The molecule has 0 aliphatic heterocycles. The normalized spacial score (nSPS) is 11.5. The number of thiocarbonyl (C=S) groups is 1. The van der Waals surface area contributed by atoms with Crippen molar-refractivity contribution in [1.82, 2.24) is 4.90 Å². The highest BCUT2D eigenvalue weighted by Gasteiger charge is 2.14. The lowest BCUT2D eigenvalue weighted by Crippen LogP contribution is -2.29. The van der Waals surface area contributed by atoms with Gasteiger partial charge in [0, 0.05) is 36.8 Å². The fourth-order valence-electron chi connectivity index (χ4n) is 3.27. The Labute approximate surface area is 207 Å². The second-order valence-electron chi connectivity index (χ2n) is 9.18. The number of hydrogen-bond acceptors (Lipinski definition) is 5. The van der Waals surface area contributed by atoms with E-state index in [-0.39, 0.29) is 5.41 Å². The van der Waals surface area contributed by atoms with Crippen molar-refractivity contribution in [2.75, 3.05) is 38.7 Å².